The molecule has 106 valence electrons. The Morgan fingerprint density at radius 2 is 2.32 bits per heavy atom. The van der Waals surface area contributed by atoms with E-state index in [4.69, 9.17) is 16.7 Å². The summed E-state index contributed by atoms with van der Waals surface area (Å²) in [5.74, 6) is 0.783. The summed E-state index contributed by atoms with van der Waals surface area (Å²) >= 11 is 7.51. The third-order valence-electron chi connectivity index (χ3n) is 2.52. The largest absolute Gasteiger partial charge is 0.396 e. The van der Waals surface area contributed by atoms with E-state index < -0.39 is 0 Å². The molecule has 1 atom stereocenters. The standard InChI is InChI=1S/C13H19ClN2O2S/c1-19-9-12(5-6-17)16-13(18)15-8-10-3-2-4-11(14)7-10/h2-4,7,12,17H,5-6,8-9H2,1H3,(H2,15,16,18). The molecule has 0 aromatic heterocycles. The van der Waals surface area contributed by atoms with Crippen LogP contribution in [0.1, 0.15) is 12.0 Å². The van der Waals surface area contributed by atoms with Crippen molar-refractivity contribution in [3.63, 3.8) is 0 Å². The molecule has 0 radical (unpaired) electrons. The molecule has 0 heterocycles. The Bertz CT molecular complexity index is 398. The van der Waals surface area contributed by atoms with Crippen LogP contribution in [0.5, 0.6) is 0 Å². The van der Waals surface area contributed by atoms with Crippen molar-refractivity contribution < 1.29 is 9.90 Å². The number of carbonyl (C=O) groups excluding carboxylic acids is 1. The van der Waals surface area contributed by atoms with E-state index in [9.17, 15) is 4.79 Å². The Kier molecular flexibility index (Phi) is 7.70. The number of carbonyl (C=O) groups is 1. The summed E-state index contributed by atoms with van der Waals surface area (Å²) in [6.07, 6.45) is 2.53. The zero-order chi connectivity index (χ0) is 14.1. The molecule has 0 aliphatic heterocycles. The molecule has 1 aromatic carbocycles. The first kappa shape index (κ1) is 16.1. The molecule has 19 heavy (non-hydrogen) atoms. The Morgan fingerprint density at radius 1 is 1.53 bits per heavy atom. The average Bonchev–Trinajstić information content (AvgIpc) is 2.37. The maximum atomic E-state index is 11.7. The van der Waals surface area contributed by atoms with Gasteiger partial charge >= 0.3 is 6.03 Å². The summed E-state index contributed by atoms with van der Waals surface area (Å²) in [6.45, 7) is 0.497. The molecule has 0 saturated carbocycles. The lowest BCUT2D eigenvalue weighted by atomic mass is 10.2. The molecule has 1 unspecified atom stereocenters. The molecular formula is C13H19ClN2O2S. The van der Waals surface area contributed by atoms with E-state index >= 15 is 0 Å². The number of nitrogens with one attached hydrogen (secondary N) is 2. The van der Waals surface area contributed by atoms with Gasteiger partial charge in [0, 0.05) is 30.0 Å². The monoisotopic (exact) mass is 302 g/mol. The summed E-state index contributed by atoms with van der Waals surface area (Å²) in [5.41, 5.74) is 0.950. The second-order valence-corrected chi connectivity index (χ2v) is 5.47. The van der Waals surface area contributed by atoms with E-state index in [0.29, 0.717) is 18.0 Å². The quantitative estimate of drug-likeness (QED) is 0.724. The summed E-state index contributed by atoms with van der Waals surface area (Å²) in [4.78, 5) is 11.7. The van der Waals surface area contributed by atoms with Crippen LogP contribution in [0, 0.1) is 0 Å². The second kappa shape index (κ2) is 9.07. The van der Waals surface area contributed by atoms with Crippen molar-refractivity contribution in [2.24, 2.45) is 0 Å². The van der Waals surface area contributed by atoms with Crippen molar-refractivity contribution >= 4 is 29.4 Å². The lowest BCUT2D eigenvalue weighted by molar-refractivity contribution is 0.231. The van der Waals surface area contributed by atoms with E-state index in [0.717, 1.165) is 11.3 Å². The van der Waals surface area contributed by atoms with E-state index in [1.54, 1.807) is 17.8 Å². The molecule has 0 aliphatic carbocycles. The van der Waals surface area contributed by atoms with Gasteiger partial charge in [-0.1, -0.05) is 23.7 Å². The van der Waals surface area contributed by atoms with Gasteiger partial charge in [-0.25, -0.2) is 4.79 Å². The van der Waals surface area contributed by atoms with E-state index in [1.165, 1.54) is 0 Å². The van der Waals surface area contributed by atoms with Crippen LogP contribution in [-0.4, -0.2) is 35.8 Å². The highest BCUT2D eigenvalue weighted by Crippen LogP contribution is 2.10. The highest BCUT2D eigenvalue weighted by molar-refractivity contribution is 7.98. The van der Waals surface area contributed by atoms with Gasteiger partial charge in [0.15, 0.2) is 0 Å². The van der Waals surface area contributed by atoms with Crippen LogP contribution in [0.25, 0.3) is 0 Å². The highest BCUT2D eigenvalue weighted by Gasteiger charge is 2.10. The molecule has 0 bridgehead atoms. The van der Waals surface area contributed by atoms with Crippen molar-refractivity contribution in [3.8, 4) is 0 Å². The SMILES string of the molecule is CSCC(CCO)NC(=O)NCc1cccc(Cl)c1. The number of amides is 2. The average molecular weight is 303 g/mol. The molecule has 1 aromatic rings. The molecule has 0 fully saturated rings. The van der Waals surface area contributed by atoms with Gasteiger partial charge in [0.2, 0.25) is 0 Å². The Labute approximate surface area is 122 Å². The van der Waals surface area contributed by atoms with E-state index in [-0.39, 0.29) is 18.7 Å². The van der Waals surface area contributed by atoms with Crippen molar-refractivity contribution in [1.29, 1.82) is 0 Å². The normalized spacial score (nSPS) is 11.9. The van der Waals surface area contributed by atoms with Crippen molar-refractivity contribution in [3.05, 3.63) is 34.9 Å². The molecule has 1 rings (SSSR count). The predicted octanol–water partition coefficient (Wildman–Crippen LogP) is 2.25. The van der Waals surface area contributed by atoms with Crippen molar-refractivity contribution in [2.75, 3.05) is 18.6 Å². The number of aliphatic hydroxyl groups excluding tert-OH is 1. The van der Waals surface area contributed by atoms with Crippen LogP contribution >= 0.6 is 23.4 Å². The number of thioether (sulfide) groups is 1. The fourth-order valence-corrected chi connectivity index (χ4v) is 2.49. The second-order valence-electron chi connectivity index (χ2n) is 4.12. The summed E-state index contributed by atoms with van der Waals surface area (Å²) in [6, 6.07) is 7.11. The topological polar surface area (TPSA) is 61.4 Å². The summed E-state index contributed by atoms with van der Waals surface area (Å²) in [7, 11) is 0. The maximum Gasteiger partial charge on any atom is 0.315 e. The highest BCUT2D eigenvalue weighted by atomic mass is 35.5. The minimum Gasteiger partial charge on any atom is -0.396 e. The fourth-order valence-electron chi connectivity index (χ4n) is 1.62. The van der Waals surface area contributed by atoms with E-state index in [1.807, 2.05) is 24.5 Å². The van der Waals surface area contributed by atoms with Gasteiger partial charge in [0.05, 0.1) is 0 Å². The lowest BCUT2D eigenvalue weighted by Gasteiger charge is -2.17. The fraction of sp³-hybridized carbons (Fsp3) is 0.462. The van der Waals surface area contributed by atoms with Gasteiger partial charge in [0.1, 0.15) is 0 Å². The van der Waals surface area contributed by atoms with Crippen LogP contribution < -0.4 is 10.6 Å². The van der Waals surface area contributed by atoms with Crippen molar-refractivity contribution in [1.82, 2.24) is 10.6 Å². The van der Waals surface area contributed by atoms with Gasteiger partial charge in [-0.15, -0.1) is 0 Å². The van der Waals surface area contributed by atoms with E-state index in [2.05, 4.69) is 10.6 Å². The minimum atomic E-state index is -0.229. The number of hydrogen-bond acceptors (Lipinski definition) is 3. The molecular weight excluding hydrogens is 284 g/mol. The molecule has 6 heteroatoms. The first-order valence-electron chi connectivity index (χ1n) is 6.04. The number of hydrogen-bond donors (Lipinski definition) is 3. The van der Waals surface area contributed by atoms with Gasteiger partial charge in [-0.2, -0.15) is 11.8 Å². The third kappa shape index (κ3) is 6.71. The number of urea groups is 1. The first-order valence-corrected chi connectivity index (χ1v) is 7.81. The molecule has 0 aliphatic rings. The van der Waals surface area contributed by atoms with Crippen LogP contribution in [0.3, 0.4) is 0 Å². The molecule has 0 saturated heterocycles. The lowest BCUT2D eigenvalue weighted by Crippen LogP contribution is -2.43. The zero-order valence-electron chi connectivity index (χ0n) is 10.9. The van der Waals surface area contributed by atoms with Gasteiger partial charge < -0.3 is 15.7 Å². The smallest absolute Gasteiger partial charge is 0.315 e. The molecule has 0 spiro atoms. The number of halogens is 1. The third-order valence-corrected chi connectivity index (χ3v) is 3.49. The molecule has 2 amide bonds. The van der Waals surface area contributed by atoms with Crippen LogP contribution in [0.15, 0.2) is 24.3 Å². The van der Waals surface area contributed by atoms with Gasteiger partial charge in [0.25, 0.3) is 0 Å². The Morgan fingerprint density at radius 3 is 2.95 bits per heavy atom. The number of benzene rings is 1. The minimum absolute atomic E-state index is 0.0145. The predicted molar refractivity (Wildman–Crippen MR) is 80.7 cm³/mol. The van der Waals surface area contributed by atoms with Crippen LogP contribution in [0.4, 0.5) is 4.79 Å². The van der Waals surface area contributed by atoms with Gasteiger partial charge in [-0.3, -0.25) is 0 Å². The van der Waals surface area contributed by atoms with Crippen LogP contribution in [0.2, 0.25) is 5.02 Å². The molecule has 4 nitrogen and oxygen atoms in total. The maximum absolute atomic E-state index is 11.7. The van der Waals surface area contributed by atoms with Gasteiger partial charge in [-0.05, 0) is 30.4 Å². The molecule has 3 N–H and O–H groups in total. The summed E-state index contributed by atoms with van der Waals surface area (Å²) < 4.78 is 0. The summed E-state index contributed by atoms with van der Waals surface area (Å²) in [5, 5.41) is 15.2. The number of aliphatic hydroxyl groups is 1. The Balaban J connectivity index is 2.37. The zero-order valence-corrected chi connectivity index (χ0v) is 12.4. The Hall–Kier alpha value is -0.910. The first-order chi connectivity index (χ1) is 9.15. The van der Waals surface area contributed by atoms with Crippen LogP contribution in [-0.2, 0) is 6.54 Å². The number of rotatable bonds is 7. The van der Waals surface area contributed by atoms with Crippen molar-refractivity contribution in [2.45, 2.75) is 19.0 Å².